The highest BCUT2D eigenvalue weighted by Crippen LogP contribution is 2.31. The fraction of sp³-hybridized carbons (Fsp3) is 0.571. The SMILES string of the molecule is Cc1c(Cl)cnn1C(CN)C(F)(F)F. The van der Waals surface area contributed by atoms with Crippen LogP contribution in [0.25, 0.3) is 0 Å². The van der Waals surface area contributed by atoms with Crippen molar-refractivity contribution in [2.75, 3.05) is 6.54 Å². The Balaban J connectivity index is 3.08. The topological polar surface area (TPSA) is 43.8 Å². The summed E-state index contributed by atoms with van der Waals surface area (Å²) in [5.41, 5.74) is 5.31. The molecule has 0 radical (unpaired) electrons. The lowest BCUT2D eigenvalue weighted by atomic mass is 10.3. The summed E-state index contributed by atoms with van der Waals surface area (Å²) in [4.78, 5) is 0. The van der Waals surface area contributed by atoms with Crippen molar-refractivity contribution in [1.29, 1.82) is 0 Å². The van der Waals surface area contributed by atoms with Crippen LogP contribution in [-0.2, 0) is 0 Å². The molecule has 0 aliphatic rings. The van der Waals surface area contributed by atoms with Gasteiger partial charge in [-0.25, -0.2) is 0 Å². The van der Waals surface area contributed by atoms with E-state index in [2.05, 4.69) is 5.10 Å². The van der Waals surface area contributed by atoms with Gasteiger partial charge in [-0.2, -0.15) is 18.3 Å². The van der Waals surface area contributed by atoms with Gasteiger partial charge in [0.1, 0.15) is 0 Å². The summed E-state index contributed by atoms with van der Waals surface area (Å²) in [5, 5.41) is 3.74. The molecular formula is C7H9ClF3N3. The van der Waals surface area contributed by atoms with Crippen LogP contribution in [0, 0.1) is 6.92 Å². The first-order valence-electron chi connectivity index (χ1n) is 3.84. The Bertz CT molecular complexity index is 320. The van der Waals surface area contributed by atoms with Crippen LogP contribution in [0.1, 0.15) is 11.7 Å². The molecule has 3 nitrogen and oxygen atoms in total. The van der Waals surface area contributed by atoms with Gasteiger partial charge in [-0.05, 0) is 6.92 Å². The summed E-state index contributed by atoms with van der Waals surface area (Å²) in [6.45, 7) is 0.909. The van der Waals surface area contributed by atoms with Gasteiger partial charge < -0.3 is 5.73 Å². The number of hydrogen-bond donors (Lipinski definition) is 1. The summed E-state index contributed by atoms with van der Waals surface area (Å²) in [6.07, 6.45) is -3.24. The molecular weight excluding hydrogens is 219 g/mol. The van der Waals surface area contributed by atoms with E-state index in [1.807, 2.05) is 0 Å². The molecule has 1 aromatic heterocycles. The van der Waals surface area contributed by atoms with E-state index in [9.17, 15) is 13.2 Å². The van der Waals surface area contributed by atoms with Gasteiger partial charge in [0, 0.05) is 6.54 Å². The lowest BCUT2D eigenvalue weighted by Gasteiger charge is -2.20. The molecule has 0 bridgehead atoms. The van der Waals surface area contributed by atoms with Gasteiger partial charge >= 0.3 is 6.18 Å². The van der Waals surface area contributed by atoms with E-state index in [1.165, 1.54) is 13.1 Å². The standard InChI is InChI=1S/C7H9ClF3N3/c1-4-5(8)3-13-14(4)6(2-12)7(9,10)11/h3,6H,2,12H2,1H3. The number of nitrogens with zero attached hydrogens (tertiary/aromatic N) is 2. The van der Waals surface area contributed by atoms with Crippen molar-refractivity contribution in [3.63, 3.8) is 0 Å². The molecule has 0 aromatic carbocycles. The minimum Gasteiger partial charge on any atom is -0.328 e. The van der Waals surface area contributed by atoms with Gasteiger partial charge in [0.25, 0.3) is 0 Å². The minimum atomic E-state index is -4.41. The molecule has 1 heterocycles. The highest BCUT2D eigenvalue weighted by Gasteiger charge is 2.41. The van der Waals surface area contributed by atoms with Crippen LogP contribution in [-0.4, -0.2) is 22.5 Å². The largest absolute Gasteiger partial charge is 0.412 e. The zero-order valence-corrected chi connectivity index (χ0v) is 8.10. The second-order valence-corrected chi connectivity index (χ2v) is 3.22. The maximum absolute atomic E-state index is 12.4. The van der Waals surface area contributed by atoms with E-state index >= 15 is 0 Å². The number of hydrogen-bond acceptors (Lipinski definition) is 2. The molecule has 0 fully saturated rings. The Hall–Kier alpha value is -0.750. The third-order valence-corrected chi connectivity index (χ3v) is 2.25. The molecule has 0 amide bonds. The summed E-state index contributed by atoms with van der Waals surface area (Å²) >= 11 is 5.59. The predicted octanol–water partition coefficient (Wildman–Crippen LogP) is 1.91. The molecule has 7 heteroatoms. The van der Waals surface area contributed by atoms with Gasteiger partial charge in [0.15, 0.2) is 6.04 Å². The maximum Gasteiger partial charge on any atom is 0.412 e. The number of aromatic nitrogens is 2. The van der Waals surface area contributed by atoms with Crippen LogP contribution in [0.5, 0.6) is 0 Å². The fourth-order valence-corrected chi connectivity index (χ4v) is 1.22. The van der Waals surface area contributed by atoms with Crippen LogP contribution in [0.2, 0.25) is 5.02 Å². The van der Waals surface area contributed by atoms with Crippen molar-refractivity contribution in [1.82, 2.24) is 9.78 Å². The normalized spacial score (nSPS) is 14.4. The minimum absolute atomic E-state index is 0.202. The lowest BCUT2D eigenvalue weighted by molar-refractivity contribution is -0.167. The second kappa shape index (κ2) is 3.78. The van der Waals surface area contributed by atoms with E-state index in [-0.39, 0.29) is 10.7 Å². The van der Waals surface area contributed by atoms with Crippen LogP contribution in [0.3, 0.4) is 0 Å². The third-order valence-electron chi connectivity index (χ3n) is 1.88. The first-order valence-corrected chi connectivity index (χ1v) is 4.22. The molecule has 1 atom stereocenters. The molecule has 0 saturated heterocycles. The summed E-state index contributed by atoms with van der Waals surface area (Å²) in [6, 6.07) is -1.81. The number of halogens is 4. The van der Waals surface area contributed by atoms with Gasteiger partial charge in [-0.15, -0.1) is 0 Å². The van der Waals surface area contributed by atoms with Crippen LogP contribution in [0.15, 0.2) is 6.20 Å². The molecule has 80 valence electrons. The number of rotatable bonds is 2. The second-order valence-electron chi connectivity index (χ2n) is 2.82. The van der Waals surface area contributed by atoms with E-state index in [1.54, 1.807) is 0 Å². The lowest BCUT2D eigenvalue weighted by Crippen LogP contribution is -2.34. The van der Waals surface area contributed by atoms with Gasteiger partial charge in [-0.3, -0.25) is 4.68 Å². The average molecular weight is 228 g/mol. The van der Waals surface area contributed by atoms with Crippen molar-refractivity contribution in [3.05, 3.63) is 16.9 Å². The van der Waals surface area contributed by atoms with Gasteiger partial charge in [-0.1, -0.05) is 11.6 Å². The fourth-order valence-electron chi connectivity index (χ4n) is 1.09. The Morgan fingerprint density at radius 1 is 1.64 bits per heavy atom. The quantitative estimate of drug-likeness (QED) is 0.839. The van der Waals surface area contributed by atoms with Crippen molar-refractivity contribution < 1.29 is 13.2 Å². The molecule has 0 saturated carbocycles. The predicted molar refractivity (Wildman–Crippen MR) is 46.1 cm³/mol. The molecule has 0 aliphatic carbocycles. The van der Waals surface area contributed by atoms with Crippen LogP contribution >= 0.6 is 11.6 Å². The first-order chi connectivity index (χ1) is 6.38. The van der Waals surface area contributed by atoms with Crippen molar-refractivity contribution in [2.45, 2.75) is 19.1 Å². The molecule has 2 N–H and O–H groups in total. The zero-order valence-electron chi connectivity index (χ0n) is 7.35. The smallest absolute Gasteiger partial charge is 0.328 e. The van der Waals surface area contributed by atoms with E-state index in [0.29, 0.717) is 0 Å². The highest BCUT2D eigenvalue weighted by atomic mass is 35.5. The van der Waals surface area contributed by atoms with E-state index in [4.69, 9.17) is 17.3 Å². The van der Waals surface area contributed by atoms with Crippen molar-refractivity contribution in [3.8, 4) is 0 Å². The molecule has 0 spiro atoms. The van der Waals surface area contributed by atoms with Gasteiger partial charge in [0.2, 0.25) is 0 Å². The number of alkyl halides is 3. The molecule has 1 aromatic rings. The molecule has 1 unspecified atom stereocenters. The third kappa shape index (κ3) is 2.01. The summed E-state index contributed by atoms with van der Waals surface area (Å²) in [5.74, 6) is 0. The zero-order chi connectivity index (χ0) is 10.9. The molecule has 14 heavy (non-hydrogen) atoms. The highest BCUT2D eigenvalue weighted by molar-refractivity contribution is 6.31. The Morgan fingerprint density at radius 3 is 2.50 bits per heavy atom. The monoisotopic (exact) mass is 227 g/mol. The number of nitrogens with two attached hydrogens (primary N) is 1. The van der Waals surface area contributed by atoms with Crippen LogP contribution < -0.4 is 5.73 Å². The molecule has 1 rings (SSSR count). The van der Waals surface area contributed by atoms with Crippen molar-refractivity contribution in [2.24, 2.45) is 5.73 Å². The van der Waals surface area contributed by atoms with Crippen molar-refractivity contribution >= 4 is 11.6 Å². The first kappa shape index (κ1) is 11.3. The Kier molecular flexibility index (Phi) is 3.06. The summed E-state index contributed by atoms with van der Waals surface area (Å²) in [7, 11) is 0. The average Bonchev–Trinajstić information content (AvgIpc) is 2.35. The Labute approximate surface area is 83.6 Å². The van der Waals surface area contributed by atoms with Gasteiger partial charge in [0.05, 0.1) is 16.9 Å². The van der Waals surface area contributed by atoms with Crippen LogP contribution in [0.4, 0.5) is 13.2 Å². The molecule has 0 aliphatic heterocycles. The summed E-state index contributed by atoms with van der Waals surface area (Å²) < 4.78 is 38.0. The maximum atomic E-state index is 12.4. The van der Waals surface area contributed by atoms with E-state index < -0.39 is 18.8 Å². The Morgan fingerprint density at radius 2 is 2.21 bits per heavy atom. The van der Waals surface area contributed by atoms with E-state index in [0.717, 1.165) is 4.68 Å².